The third kappa shape index (κ3) is 7.29. The van der Waals surface area contributed by atoms with Crippen molar-refractivity contribution < 1.29 is 19.1 Å². The number of benzene rings is 2. The molecular formula is C22H27N3O4. The number of urea groups is 1. The lowest BCUT2D eigenvalue weighted by Gasteiger charge is -2.21. The van der Waals surface area contributed by atoms with Crippen molar-refractivity contribution in [3.8, 4) is 0 Å². The molecule has 7 nitrogen and oxygen atoms in total. The second-order valence-corrected chi connectivity index (χ2v) is 7.22. The predicted octanol–water partition coefficient (Wildman–Crippen LogP) is 3.63. The molecule has 0 aliphatic heterocycles. The molecule has 1 atom stereocenters. The van der Waals surface area contributed by atoms with E-state index in [1.165, 1.54) is 0 Å². The van der Waals surface area contributed by atoms with Crippen molar-refractivity contribution in [2.24, 2.45) is 5.92 Å². The number of aryl methyl sites for hydroxylation is 2. The lowest BCUT2D eigenvalue weighted by molar-refractivity contribution is -0.150. The van der Waals surface area contributed by atoms with Crippen LogP contribution in [0.1, 0.15) is 25.0 Å². The molecule has 0 bridgehead atoms. The van der Waals surface area contributed by atoms with Gasteiger partial charge >= 0.3 is 12.0 Å². The van der Waals surface area contributed by atoms with Crippen molar-refractivity contribution in [3.05, 3.63) is 59.7 Å². The molecule has 2 aromatic carbocycles. The molecule has 0 aliphatic carbocycles. The Balaban J connectivity index is 1.88. The molecule has 29 heavy (non-hydrogen) atoms. The first-order chi connectivity index (χ1) is 13.7. The lowest BCUT2D eigenvalue weighted by atomic mass is 10.1. The zero-order valence-electron chi connectivity index (χ0n) is 17.1. The van der Waals surface area contributed by atoms with Gasteiger partial charge in [0, 0.05) is 11.4 Å². The first-order valence-corrected chi connectivity index (χ1v) is 9.42. The molecular weight excluding hydrogens is 370 g/mol. The Kier molecular flexibility index (Phi) is 7.77. The summed E-state index contributed by atoms with van der Waals surface area (Å²) in [6.45, 7) is 7.00. The molecule has 0 spiro atoms. The van der Waals surface area contributed by atoms with Crippen molar-refractivity contribution in [1.29, 1.82) is 0 Å². The highest BCUT2D eigenvalue weighted by Gasteiger charge is 2.26. The minimum Gasteiger partial charge on any atom is -0.454 e. The summed E-state index contributed by atoms with van der Waals surface area (Å²) < 4.78 is 5.12. The molecule has 0 saturated carbocycles. The van der Waals surface area contributed by atoms with E-state index in [1.807, 2.05) is 38.1 Å². The van der Waals surface area contributed by atoms with Gasteiger partial charge in [0.15, 0.2) is 6.61 Å². The van der Waals surface area contributed by atoms with Crippen LogP contribution in [-0.2, 0) is 14.3 Å². The van der Waals surface area contributed by atoms with Gasteiger partial charge in [0.25, 0.3) is 5.91 Å². The van der Waals surface area contributed by atoms with E-state index in [0.717, 1.165) is 11.1 Å². The van der Waals surface area contributed by atoms with Crippen LogP contribution in [0.3, 0.4) is 0 Å². The summed E-state index contributed by atoms with van der Waals surface area (Å²) in [5, 5.41) is 7.95. The summed E-state index contributed by atoms with van der Waals surface area (Å²) in [5.41, 5.74) is 3.29. The summed E-state index contributed by atoms with van der Waals surface area (Å²) in [6.07, 6.45) is 0. The van der Waals surface area contributed by atoms with Gasteiger partial charge in [-0.3, -0.25) is 4.79 Å². The van der Waals surface area contributed by atoms with Gasteiger partial charge in [-0.1, -0.05) is 38.1 Å². The van der Waals surface area contributed by atoms with E-state index in [4.69, 9.17) is 4.74 Å². The molecule has 0 saturated heterocycles. The van der Waals surface area contributed by atoms with Crippen LogP contribution in [0, 0.1) is 19.8 Å². The van der Waals surface area contributed by atoms with Gasteiger partial charge in [0.2, 0.25) is 0 Å². The molecule has 7 heteroatoms. The Bertz CT molecular complexity index is 845. The van der Waals surface area contributed by atoms with Gasteiger partial charge in [-0.25, -0.2) is 9.59 Å². The first kappa shape index (κ1) is 21.9. The predicted molar refractivity (Wildman–Crippen MR) is 113 cm³/mol. The minimum absolute atomic E-state index is 0.216. The topological polar surface area (TPSA) is 96.5 Å². The summed E-state index contributed by atoms with van der Waals surface area (Å²) in [4.78, 5) is 36.7. The van der Waals surface area contributed by atoms with Gasteiger partial charge < -0.3 is 20.7 Å². The molecule has 0 aromatic heterocycles. The number of rotatable bonds is 7. The standard InChI is InChI=1S/C22H27N3O4/c1-14(2)20(25-22(28)24-17-8-6-5-7-9-17)21(27)29-13-19(26)23-18-11-15(3)10-16(4)12-18/h5-12,14,20H,13H2,1-4H3,(H,23,26)(H2,24,25,28)/t20-/m0/s1. The van der Waals surface area contributed by atoms with Crippen molar-refractivity contribution in [3.63, 3.8) is 0 Å². The summed E-state index contributed by atoms with van der Waals surface area (Å²) >= 11 is 0. The molecule has 3 amide bonds. The Morgan fingerprint density at radius 1 is 0.897 bits per heavy atom. The third-order valence-electron chi connectivity index (χ3n) is 4.09. The maximum Gasteiger partial charge on any atom is 0.329 e. The van der Waals surface area contributed by atoms with E-state index in [9.17, 15) is 14.4 Å². The average molecular weight is 397 g/mol. The average Bonchev–Trinajstić information content (AvgIpc) is 2.64. The monoisotopic (exact) mass is 397 g/mol. The third-order valence-corrected chi connectivity index (χ3v) is 4.09. The van der Waals surface area contributed by atoms with Crippen LogP contribution in [-0.4, -0.2) is 30.6 Å². The van der Waals surface area contributed by atoms with Crippen LogP contribution in [0.4, 0.5) is 16.2 Å². The molecule has 3 N–H and O–H groups in total. The number of carbonyl (C=O) groups excluding carboxylic acids is 3. The summed E-state index contributed by atoms with van der Waals surface area (Å²) in [6, 6.07) is 13.1. The van der Waals surface area contributed by atoms with Crippen molar-refractivity contribution in [2.75, 3.05) is 17.2 Å². The minimum atomic E-state index is -0.882. The highest BCUT2D eigenvalue weighted by Crippen LogP contribution is 2.14. The number of carbonyl (C=O) groups is 3. The smallest absolute Gasteiger partial charge is 0.329 e. The van der Waals surface area contributed by atoms with Crippen LogP contribution in [0.5, 0.6) is 0 Å². The number of esters is 1. The second kappa shape index (κ2) is 10.3. The van der Waals surface area contributed by atoms with E-state index >= 15 is 0 Å². The van der Waals surface area contributed by atoms with Crippen LogP contribution in [0.15, 0.2) is 48.5 Å². The van der Waals surface area contributed by atoms with Crippen LogP contribution >= 0.6 is 0 Å². The number of ether oxygens (including phenoxy) is 1. The van der Waals surface area contributed by atoms with E-state index in [1.54, 1.807) is 38.1 Å². The molecule has 0 unspecified atom stereocenters. The van der Waals surface area contributed by atoms with Gasteiger partial charge in [-0.05, 0) is 55.2 Å². The SMILES string of the molecule is Cc1cc(C)cc(NC(=O)COC(=O)[C@@H](NC(=O)Nc2ccccc2)C(C)C)c1. The van der Waals surface area contributed by atoms with Crippen LogP contribution < -0.4 is 16.0 Å². The largest absolute Gasteiger partial charge is 0.454 e. The fourth-order valence-corrected chi connectivity index (χ4v) is 2.80. The Labute approximate surface area is 170 Å². The van der Waals surface area contributed by atoms with Crippen molar-refractivity contribution in [2.45, 2.75) is 33.7 Å². The molecule has 0 radical (unpaired) electrons. The highest BCUT2D eigenvalue weighted by molar-refractivity contribution is 5.95. The highest BCUT2D eigenvalue weighted by atomic mass is 16.5. The van der Waals surface area contributed by atoms with Crippen molar-refractivity contribution >= 4 is 29.3 Å². The molecule has 0 fully saturated rings. The number of para-hydroxylation sites is 1. The van der Waals surface area contributed by atoms with Crippen LogP contribution in [0.2, 0.25) is 0 Å². The maximum absolute atomic E-state index is 12.4. The fraction of sp³-hybridized carbons (Fsp3) is 0.318. The Morgan fingerprint density at radius 3 is 2.10 bits per heavy atom. The zero-order chi connectivity index (χ0) is 21.4. The van der Waals surface area contributed by atoms with Gasteiger partial charge in [-0.2, -0.15) is 0 Å². The molecule has 154 valence electrons. The number of anilines is 2. The van der Waals surface area contributed by atoms with E-state index in [-0.39, 0.29) is 5.92 Å². The lowest BCUT2D eigenvalue weighted by Crippen LogP contribution is -2.47. The number of hydrogen-bond donors (Lipinski definition) is 3. The van der Waals surface area contributed by atoms with E-state index in [0.29, 0.717) is 11.4 Å². The van der Waals surface area contributed by atoms with E-state index < -0.39 is 30.6 Å². The maximum atomic E-state index is 12.4. The Hall–Kier alpha value is -3.35. The van der Waals surface area contributed by atoms with Gasteiger partial charge in [-0.15, -0.1) is 0 Å². The van der Waals surface area contributed by atoms with Gasteiger partial charge in [0.05, 0.1) is 0 Å². The molecule has 0 heterocycles. The first-order valence-electron chi connectivity index (χ1n) is 9.42. The molecule has 2 aromatic rings. The second-order valence-electron chi connectivity index (χ2n) is 7.22. The Morgan fingerprint density at radius 2 is 1.52 bits per heavy atom. The van der Waals surface area contributed by atoms with Gasteiger partial charge in [0.1, 0.15) is 6.04 Å². The van der Waals surface area contributed by atoms with E-state index in [2.05, 4.69) is 16.0 Å². The number of hydrogen-bond acceptors (Lipinski definition) is 4. The van der Waals surface area contributed by atoms with Crippen molar-refractivity contribution in [1.82, 2.24) is 5.32 Å². The number of nitrogens with one attached hydrogen (secondary N) is 3. The normalized spacial score (nSPS) is 11.5. The number of amides is 3. The van der Waals surface area contributed by atoms with Crippen LogP contribution in [0.25, 0.3) is 0 Å². The summed E-state index contributed by atoms with van der Waals surface area (Å²) in [5.74, 6) is -1.33. The molecule has 2 rings (SSSR count). The fourth-order valence-electron chi connectivity index (χ4n) is 2.80. The molecule has 0 aliphatic rings. The summed E-state index contributed by atoms with van der Waals surface area (Å²) in [7, 11) is 0. The quantitative estimate of drug-likeness (QED) is 0.622. The zero-order valence-corrected chi connectivity index (χ0v) is 17.1.